The highest BCUT2D eigenvalue weighted by Gasteiger charge is 2.22. The molecule has 0 aliphatic carbocycles. The molecule has 0 radical (unpaired) electrons. The molecule has 22 heavy (non-hydrogen) atoms. The van der Waals surface area contributed by atoms with Gasteiger partial charge in [0.15, 0.2) is 11.5 Å². The Hall–Kier alpha value is -2.24. The molecule has 2 aromatic rings. The molecule has 6 heteroatoms. The van der Waals surface area contributed by atoms with Crippen LogP contribution >= 0.6 is 0 Å². The minimum atomic E-state index is -0.146. The molecule has 0 saturated carbocycles. The Balaban J connectivity index is 2.15. The van der Waals surface area contributed by atoms with E-state index in [1.165, 1.54) is 0 Å². The molecule has 0 saturated heterocycles. The fourth-order valence-electron chi connectivity index (χ4n) is 1.98. The SMILES string of the molecule is COc1ccc(N(C)Cc2nnc(C(C)(C)C)o2)cc1OC. The highest BCUT2D eigenvalue weighted by Crippen LogP contribution is 2.31. The predicted molar refractivity (Wildman–Crippen MR) is 84.7 cm³/mol. The molecule has 0 fully saturated rings. The number of ether oxygens (including phenoxy) is 2. The van der Waals surface area contributed by atoms with E-state index >= 15 is 0 Å². The zero-order chi connectivity index (χ0) is 16.3. The zero-order valence-electron chi connectivity index (χ0n) is 14.0. The number of methoxy groups -OCH3 is 2. The third-order valence-electron chi connectivity index (χ3n) is 3.29. The summed E-state index contributed by atoms with van der Waals surface area (Å²) in [6.07, 6.45) is 0. The van der Waals surface area contributed by atoms with Crippen molar-refractivity contribution in [2.75, 3.05) is 26.2 Å². The van der Waals surface area contributed by atoms with Crippen molar-refractivity contribution >= 4 is 5.69 Å². The lowest BCUT2D eigenvalue weighted by atomic mass is 9.97. The van der Waals surface area contributed by atoms with Gasteiger partial charge in [0.2, 0.25) is 11.8 Å². The molecular formula is C16H23N3O3. The summed E-state index contributed by atoms with van der Waals surface area (Å²) >= 11 is 0. The molecule has 0 spiro atoms. The van der Waals surface area contributed by atoms with Gasteiger partial charge in [0.05, 0.1) is 20.8 Å². The predicted octanol–water partition coefficient (Wildman–Crippen LogP) is 3.02. The first-order valence-electron chi connectivity index (χ1n) is 7.11. The molecule has 0 bridgehead atoms. The van der Waals surface area contributed by atoms with Crippen LogP contribution in [0.3, 0.4) is 0 Å². The van der Waals surface area contributed by atoms with Gasteiger partial charge in [-0.3, -0.25) is 0 Å². The lowest BCUT2D eigenvalue weighted by Crippen LogP contribution is -2.16. The maximum atomic E-state index is 5.72. The molecule has 6 nitrogen and oxygen atoms in total. The van der Waals surface area contributed by atoms with Crippen LogP contribution in [0, 0.1) is 0 Å². The summed E-state index contributed by atoms with van der Waals surface area (Å²) in [6.45, 7) is 6.66. The Labute approximate surface area is 131 Å². The van der Waals surface area contributed by atoms with Gasteiger partial charge in [0.25, 0.3) is 0 Å². The van der Waals surface area contributed by atoms with E-state index in [1.807, 2.05) is 50.9 Å². The first-order valence-corrected chi connectivity index (χ1v) is 7.11. The third-order valence-corrected chi connectivity index (χ3v) is 3.29. The average Bonchev–Trinajstić information content (AvgIpc) is 2.95. The number of benzene rings is 1. The van der Waals surface area contributed by atoms with Crippen molar-refractivity contribution < 1.29 is 13.9 Å². The van der Waals surface area contributed by atoms with Gasteiger partial charge in [-0.25, -0.2) is 0 Å². The van der Waals surface area contributed by atoms with E-state index in [-0.39, 0.29) is 5.41 Å². The van der Waals surface area contributed by atoms with Crippen LogP contribution in [0.2, 0.25) is 0 Å². The Morgan fingerprint density at radius 1 is 1.09 bits per heavy atom. The monoisotopic (exact) mass is 305 g/mol. The van der Waals surface area contributed by atoms with Crippen molar-refractivity contribution in [1.82, 2.24) is 10.2 Å². The summed E-state index contributed by atoms with van der Waals surface area (Å²) < 4.78 is 16.3. The van der Waals surface area contributed by atoms with Gasteiger partial charge in [-0.05, 0) is 12.1 Å². The topological polar surface area (TPSA) is 60.6 Å². The normalized spacial score (nSPS) is 11.4. The summed E-state index contributed by atoms with van der Waals surface area (Å²) in [5, 5.41) is 8.22. The number of aromatic nitrogens is 2. The van der Waals surface area contributed by atoms with Crippen LogP contribution in [0.4, 0.5) is 5.69 Å². The Kier molecular flexibility index (Phi) is 4.59. The van der Waals surface area contributed by atoms with E-state index < -0.39 is 0 Å². The molecule has 1 aromatic heterocycles. The lowest BCUT2D eigenvalue weighted by Gasteiger charge is -2.19. The second-order valence-corrected chi connectivity index (χ2v) is 6.15. The lowest BCUT2D eigenvalue weighted by molar-refractivity contribution is 0.355. The van der Waals surface area contributed by atoms with Crippen molar-refractivity contribution in [3.8, 4) is 11.5 Å². The number of hydrogen-bond acceptors (Lipinski definition) is 6. The van der Waals surface area contributed by atoms with Crippen LogP contribution in [0.5, 0.6) is 11.5 Å². The van der Waals surface area contributed by atoms with E-state index in [0.717, 1.165) is 5.69 Å². The minimum absolute atomic E-state index is 0.146. The molecule has 0 amide bonds. The Bertz CT molecular complexity index is 632. The number of rotatable bonds is 5. The molecule has 120 valence electrons. The number of anilines is 1. The van der Waals surface area contributed by atoms with E-state index in [0.29, 0.717) is 29.8 Å². The summed E-state index contributed by atoms with van der Waals surface area (Å²) in [5.41, 5.74) is 0.834. The van der Waals surface area contributed by atoms with Crippen LogP contribution in [0.25, 0.3) is 0 Å². The summed E-state index contributed by atoms with van der Waals surface area (Å²) in [4.78, 5) is 2.02. The Morgan fingerprint density at radius 3 is 2.32 bits per heavy atom. The molecule has 2 rings (SSSR count). The van der Waals surface area contributed by atoms with Gasteiger partial charge < -0.3 is 18.8 Å². The molecule has 0 unspecified atom stereocenters. The smallest absolute Gasteiger partial charge is 0.235 e. The highest BCUT2D eigenvalue weighted by molar-refractivity contribution is 5.55. The minimum Gasteiger partial charge on any atom is -0.493 e. The average molecular weight is 305 g/mol. The van der Waals surface area contributed by atoms with Crippen molar-refractivity contribution in [1.29, 1.82) is 0 Å². The van der Waals surface area contributed by atoms with Crippen LogP contribution in [0.15, 0.2) is 22.6 Å². The Morgan fingerprint density at radius 2 is 1.77 bits per heavy atom. The second-order valence-electron chi connectivity index (χ2n) is 6.15. The van der Waals surface area contributed by atoms with Gasteiger partial charge in [-0.2, -0.15) is 0 Å². The van der Waals surface area contributed by atoms with E-state index in [4.69, 9.17) is 13.9 Å². The van der Waals surface area contributed by atoms with Crippen molar-refractivity contribution in [2.45, 2.75) is 32.7 Å². The standard InChI is InChI=1S/C16H23N3O3/c1-16(2,3)15-18-17-14(22-15)10-19(4)11-7-8-12(20-5)13(9-11)21-6/h7-9H,10H2,1-6H3. The quantitative estimate of drug-likeness (QED) is 0.846. The number of hydrogen-bond donors (Lipinski definition) is 0. The fraction of sp³-hybridized carbons (Fsp3) is 0.500. The first-order chi connectivity index (χ1) is 10.3. The van der Waals surface area contributed by atoms with E-state index in [2.05, 4.69) is 10.2 Å². The fourth-order valence-corrected chi connectivity index (χ4v) is 1.98. The summed E-state index contributed by atoms with van der Waals surface area (Å²) in [5.74, 6) is 2.62. The zero-order valence-corrected chi connectivity index (χ0v) is 14.0. The van der Waals surface area contributed by atoms with Crippen LogP contribution < -0.4 is 14.4 Å². The van der Waals surface area contributed by atoms with E-state index in [1.54, 1.807) is 14.2 Å². The largest absolute Gasteiger partial charge is 0.493 e. The molecule has 1 heterocycles. The van der Waals surface area contributed by atoms with Gasteiger partial charge in [0, 0.05) is 24.2 Å². The third kappa shape index (κ3) is 3.50. The van der Waals surface area contributed by atoms with Crippen LogP contribution in [-0.2, 0) is 12.0 Å². The molecular weight excluding hydrogens is 282 g/mol. The molecule has 0 aliphatic heterocycles. The van der Waals surface area contributed by atoms with Crippen LogP contribution in [0.1, 0.15) is 32.6 Å². The maximum Gasteiger partial charge on any atom is 0.235 e. The molecule has 1 aromatic carbocycles. The number of nitrogens with zero attached hydrogens (tertiary/aromatic N) is 3. The second kappa shape index (κ2) is 6.25. The maximum absolute atomic E-state index is 5.72. The van der Waals surface area contributed by atoms with Gasteiger partial charge >= 0.3 is 0 Å². The van der Waals surface area contributed by atoms with Gasteiger partial charge in [-0.15, -0.1) is 10.2 Å². The van der Waals surface area contributed by atoms with Crippen molar-refractivity contribution in [2.24, 2.45) is 0 Å². The van der Waals surface area contributed by atoms with Gasteiger partial charge in [0.1, 0.15) is 0 Å². The van der Waals surface area contributed by atoms with Crippen molar-refractivity contribution in [3.63, 3.8) is 0 Å². The molecule has 0 N–H and O–H groups in total. The summed E-state index contributed by atoms with van der Waals surface area (Å²) in [7, 11) is 5.20. The highest BCUT2D eigenvalue weighted by atomic mass is 16.5. The van der Waals surface area contributed by atoms with Gasteiger partial charge in [-0.1, -0.05) is 20.8 Å². The van der Waals surface area contributed by atoms with Crippen molar-refractivity contribution in [3.05, 3.63) is 30.0 Å². The van der Waals surface area contributed by atoms with Crippen LogP contribution in [-0.4, -0.2) is 31.5 Å². The molecule has 0 atom stereocenters. The van der Waals surface area contributed by atoms with E-state index in [9.17, 15) is 0 Å². The summed E-state index contributed by atoms with van der Waals surface area (Å²) in [6, 6.07) is 5.75. The molecule has 0 aliphatic rings. The first kappa shape index (κ1) is 16.1.